The van der Waals surface area contributed by atoms with Crippen molar-refractivity contribution >= 4 is 34.0 Å². The van der Waals surface area contributed by atoms with Crippen LogP contribution in [0.15, 0.2) is 59.6 Å². The average Bonchev–Trinajstić information content (AvgIpc) is 3.32. The van der Waals surface area contributed by atoms with E-state index < -0.39 is 11.7 Å². The van der Waals surface area contributed by atoms with Gasteiger partial charge in [0.15, 0.2) is 0 Å². The highest BCUT2D eigenvalue weighted by Gasteiger charge is 2.30. The third-order valence-electron chi connectivity index (χ3n) is 4.63. The van der Waals surface area contributed by atoms with Crippen LogP contribution in [0, 0.1) is 0 Å². The number of hydrogen-bond donors (Lipinski definition) is 1. The molecule has 0 saturated carbocycles. The summed E-state index contributed by atoms with van der Waals surface area (Å²) < 4.78 is 38.5. The summed E-state index contributed by atoms with van der Waals surface area (Å²) in [6.45, 7) is 4.18. The van der Waals surface area contributed by atoms with Gasteiger partial charge in [-0.1, -0.05) is 26.0 Å². The fourth-order valence-corrected chi connectivity index (χ4v) is 5.36. The van der Waals surface area contributed by atoms with Crippen LogP contribution in [0.5, 0.6) is 0 Å². The molecule has 150 valence electrons. The van der Waals surface area contributed by atoms with E-state index in [9.17, 15) is 13.2 Å². The van der Waals surface area contributed by atoms with Crippen molar-refractivity contribution in [2.75, 3.05) is 0 Å². The summed E-state index contributed by atoms with van der Waals surface area (Å²) in [6, 6.07) is 13.6. The van der Waals surface area contributed by atoms with Gasteiger partial charge < -0.3 is 4.98 Å². The van der Waals surface area contributed by atoms with Crippen LogP contribution in [-0.2, 0) is 11.9 Å². The summed E-state index contributed by atoms with van der Waals surface area (Å²) in [6.07, 6.45) is -2.40. The Bertz CT molecular complexity index is 1130. The summed E-state index contributed by atoms with van der Waals surface area (Å²) in [5, 5.41) is 1.94. The summed E-state index contributed by atoms with van der Waals surface area (Å²) in [5.74, 6) is 1.03. The Balaban J connectivity index is 1.57. The second-order valence-corrected chi connectivity index (χ2v) is 9.21. The van der Waals surface area contributed by atoms with Gasteiger partial charge in [0.2, 0.25) is 0 Å². The average molecular weight is 433 g/mol. The molecule has 0 aliphatic carbocycles. The lowest BCUT2D eigenvalue weighted by Gasteiger charge is -2.06. The van der Waals surface area contributed by atoms with Gasteiger partial charge in [0.1, 0.15) is 5.01 Å². The molecule has 0 spiro atoms. The third-order valence-corrected chi connectivity index (χ3v) is 6.95. The zero-order valence-corrected chi connectivity index (χ0v) is 17.5. The fourth-order valence-electron chi connectivity index (χ4n) is 3.11. The van der Waals surface area contributed by atoms with Crippen molar-refractivity contribution in [2.24, 2.45) is 0 Å². The Morgan fingerprint density at radius 1 is 1.07 bits per heavy atom. The molecule has 4 rings (SSSR count). The van der Waals surface area contributed by atoms with Crippen LogP contribution in [0.2, 0.25) is 0 Å². The highest BCUT2D eigenvalue weighted by atomic mass is 32.2. The Morgan fingerprint density at radius 2 is 1.83 bits per heavy atom. The quantitative estimate of drug-likeness (QED) is 0.327. The second-order valence-electron chi connectivity index (χ2n) is 7.07. The van der Waals surface area contributed by atoms with Crippen LogP contribution in [0.1, 0.15) is 35.9 Å². The van der Waals surface area contributed by atoms with Gasteiger partial charge >= 0.3 is 6.18 Å². The van der Waals surface area contributed by atoms with Crippen molar-refractivity contribution in [3.8, 4) is 10.6 Å². The number of H-pyrrole nitrogens is 1. The van der Waals surface area contributed by atoms with Gasteiger partial charge in [-0.25, -0.2) is 4.98 Å². The molecule has 0 radical (unpaired) electrons. The summed E-state index contributed by atoms with van der Waals surface area (Å²) in [5.41, 5.74) is 2.20. The van der Waals surface area contributed by atoms with E-state index in [0.29, 0.717) is 0 Å². The van der Waals surface area contributed by atoms with E-state index in [0.717, 1.165) is 44.5 Å². The molecular formula is C22H19F3N2S2. The standard InChI is InChI=1S/C22H19F3N2S2/c1-13(2)20-19(12-28-17-7-8-18-15(11-17)9-10-26-18)29-21(27-20)14-3-5-16(6-4-14)22(23,24)25/h3-11,13,26H,12H2,1-2H3. The lowest BCUT2D eigenvalue weighted by Crippen LogP contribution is -2.03. The van der Waals surface area contributed by atoms with Crippen LogP contribution in [0.25, 0.3) is 21.5 Å². The molecule has 4 aromatic rings. The first-order valence-electron chi connectivity index (χ1n) is 9.18. The first-order valence-corrected chi connectivity index (χ1v) is 11.0. The molecule has 0 atom stereocenters. The predicted molar refractivity (Wildman–Crippen MR) is 115 cm³/mol. The molecule has 2 aromatic heterocycles. The number of thioether (sulfide) groups is 1. The number of hydrogen-bond acceptors (Lipinski definition) is 3. The zero-order valence-electron chi connectivity index (χ0n) is 15.9. The van der Waals surface area contributed by atoms with Crippen LogP contribution in [0.3, 0.4) is 0 Å². The monoisotopic (exact) mass is 432 g/mol. The van der Waals surface area contributed by atoms with Crippen LogP contribution in [0.4, 0.5) is 13.2 Å². The zero-order chi connectivity index (χ0) is 20.6. The maximum absolute atomic E-state index is 12.8. The smallest absolute Gasteiger partial charge is 0.361 e. The molecule has 2 nitrogen and oxygen atoms in total. The number of halogens is 3. The second kappa shape index (κ2) is 7.88. The number of aromatic amines is 1. The van der Waals surface area contributed by atoms with Gasteiger partial charge in [0.05, 0.1) is 11.3 Å². The highest BCUT2D eigenvalue weighted by molar-refractivity contribution is 7.98. The molecule has 0 aliphatic heterocycles. The molecule has 0 aliphatic rings. The fraction of sp³-hybridized carbons (Fsp3) is 0.227. The van der Waals surface area contributed by atoms with E-state index in [2.05, 4.69) is 37.0 Å². The van der Waals surface area contributed by atoms with E-state index in [4.69, 9.17) is 4.98 Å². The van der Waals surface area contributed by atoms with Crippen molar-refractivity contribution in [1.29, 1.82) is 0 Å². The van der Waals surface area contributed by atoms with Gasteiger partial charge in [0.25, 0.3) is 0 Å². The van der Waals surface area contributed by atoms with E-state index >= 15 is 0 Å². The Morgan fingerprint density at radius 3 is 2.52 bits per heavy atom. The molecule has 2 heterocycles. The van der Waals surface area contributed by atoms with E-state index in [1.54, 1.807) is 23.1 Å². The maximum atomic E-state index is 12.8. The lowest BCUT2D eigenvalue weighted by atomic mass is 10.1. The van der Waals surface area contributed by atoms with Gasteiger partial charge in [-0.3, -0.25) is 0 Å². The van der Waals surface area contributed by atoms with Gasteiger partial charge in [0, 0.05) is 38.2 Å². The van der Waals surface area contributed by atoms with Crippen molar-refractivity contribution < 1.29 is 13.2 Å². The van der Waals surface area contributed by atoms with Gasteiger partial charge in [-0.2, -0.15) is 13.2 Å². The third kappa shape index (κ3) is 4.36. The SMILES string of the molecule is CC(C)c1nc(-c2ccc(C(F)(F)F)cc2)sc1CSc1ccc2[nH]ccc2c1. The summed E-state index contributed by atoms with van der Waals surface area (Å²) in [7, 11) is 0. The van der Waals surface area contributed by atoms with Crippen LogP contribution < -0.4 is 0 Å². The van der Waals surface area contributed by atoms with Crippen molar-refractivity contribution in [3.63, 3.8) is 0 Å². The van der Waals surface area contributed by atoms with Crippen molar-refractivity contribution in [3.05, 3.63) is 70.9 Å². The number of fused-ring (bicyclic) bond motifs is 1. The molecule has 0 saturated heterocycles. The maximum Gasteiger partial charge on any atom is 0.416 e. The number of nitrogens with zero attached hydrogens (tertiary/aromatic N) is 1. The molecule has 1 N–H and O–H groups in total. The number of thiazole rings is 1. The largest absolute Gasteiger partial charge is 0.416 e. The summed E-state index contributed by atoms with van der Waals surface area (Å²) >= 11 is 3.30. The van der Waals surface area contributed by atoms with E-state index in [1.807, 2.05) is 12.3 Å². The van der Waals surface area contributed by atoms with E-state index in [-0.39, 0.29) is 5.92 Å². The minimum atomic E-state index is -4.33. The molecule has 2 aromatic carbocycles. The van der Waals surface area contributed by atoms with Crippen LogP contribution >= 0.6 is 23.1 Å². The lowest BCUT2D eigenvalue weighted by molar-refractivity contribution is -0.137. The minimum absolute atomic E-state index is 0.247. The van der Waals surface area contributed by atoms with E-state index in [1.165, 1.54) is 22.4 Å². The molecule has 0 fully saturated rings. The number of alkyl halides is 3. The number of benzene rings is 2. The Hall–Kier alpha value is -2.25. The van der Waals surface area contributed by atoms with Crippen LogP contribution in [-0.4, -0.2) is 9.97 Å². The minimum Gasteiger partial charge on any atom is -0.361 e. The summed E-state index contributed by atoms with van der Waals surface area (Å²) in [4.78, 5) is 10.3. The van der Waals surface area contributed by atoms with Gasteiger partial charge in [-0.15, -0.1) is 23.1 Å². The Labute approximate surface area is 175 Å². The van der Waals surface area contributed by atoms with Crippen molar-refractivity contribution in [2.45, 2.75) is 36.6 Å². The van der Waals surface area contributed by atoms with Crippen molar-refractivity contribution in [1.82, 2.24) is 9.97 Å². The first-order chi connectivity index (χ1) is 13.8. The molecule has 29 heavy (non-hydrogen) atoms. The number of rotatable bonds is 5. The molecular weight excluding hydrogens is 413 g/mol. The molecule has 0 amide bonds. The highest BCUT2D eigenvalue weighted by Crippen LogP contribution is 2.37. The number of aromatic nitrogens is 2. The molecule has 7 heteroatoms. The first kappa shape index (κ1) is 20.0. The van der Waals surface area contributed by atoms with Gasteiger partial charge in [-0.05, 0) is 42.3 Å². The topological polar surface area (TPSA) is 28.7 Å². The number of nitrogens with one attached hydrogen (secondary N) is 1. The predicted octanol–water partition coefficient (Wildman–Crippen LogP) is 7.73. The normalized spacial score (nSPS) is 12.2. The molecule has 0 unspecified atom stereocenters. The Kier molecular flexibility index (Phi) is 5.44. The molecule has 0 bridgehead atoms.